The number of fused-ring (bicyclic) bond motifs is 1. The van der Waals surface area contributed by atoms with Crippen LogP contribution in [-0.4, -0.2) is 33.9 Å². The normalized spacial score (nSPS) is 14.5. The first-order valence-electron chi connectivity index (χ1n) is 6.90. The molecule has 3 rings (SSSR count). The molecule has 1 aliphatic heterocycles. The second-order valence-corrected chi connectivity index (χ2v) is 6.05. The van der Waals surface area contributed by atoms with Gasteiger partial charge < -0.3 is 10.2 Å². The van der Waals surface area contributed by atoms with Gasteiger partial charge >= 0.3 is 6.18 Å². The van der Waals surface area contributed by atoms with Gasteiger partial charge in [0.05, 0.1) is 6.54 Å². The van der Waals surface area contributed by atoms with Crippen LogP contribution in [0.15, 0.2) is 23.7 Å². The van der Waals surface area contributed by atoms with Gasteiger partial charge in [0.1, 0.15) is 5.69 Å². The number of alkyl halides is 3. The largest absolute Gasteiger partial charge is 0.433 e. The minimum absolute atomic E-state index is 0.138. The van der Waals surface area contributed by atoms with Crippen LogP contribution >= 0.6 is 11.3 Å². The molecule has 2 aromatic rings. The van der Waals surface area contributed by atoms with Crippen LogP contribution in [0, 0.1) is 0 Å². The van der Waals surface area contributed by atoms with E-state index in [9.17, 15) is 18.0 Å². The topological polar surface area (TPSA) is 58.1 Å². The van der Waals surface area contributed by atoms with Gasteiger partial charge in [-0.15, -0.1) is 11.3 Å². The molecule has 122 valence electrons. The van der Waals surface area contributed by atoms with Gasteiger partial charge in [-0.25, -0.2) is 9.97 Å². The van der Waals surface area contributed by atoms with Gasteiger partial charge in [0.15, 0.2) is 0 Å². The number of nitrogens with one attached hydrogen (secondary N) is 1. The van der Waals surface area contributed by atoms with E-state index in [0.29, 0.717) is 13.1 Å². The number of carbonyl (C=O) groups excluding carboxylic acids is 1. The van der Waals surface area contributed by atoms with Gasteiger partial charge in [0.2, 0.25) is 11.9 Å². The molecule has 0 saturated heterocycles. The fourth-order valence-electron chi connectivity index (χ4n) is 2.33. The SMILES string of the molecule is O=C(CNc1nccc(C(F)(F)F)n1)N1CCc2sccc2C1. The average molecular weight is 342 g/mol. The number of nitrogens with zero attached hydrogens (tertiary/aromatic N) is 3. The molecule has 1 N–H and O–H groups in total. The van der Waals surface area contributed by atoms with E-state index < -0.39 is 11.9 Å². The summed E-state index contributed by atoms with van der Waals surface area (Å²) in [6, 6.07) is 2.78. The molecule has 3 heterocycles. The minimum atomic E-state index is -4.54. The Morgan fingerprint density at radius 2 is 2.22 bits per heavy atom. The first kappa shape index (κ1) is 15.7. The van der Waals surface area contributed by atoms with Gasteiger partial charge in [0.25, 0.3) is 0 Å². The summed E-state index contributed by atoms with van der Waals surface area (Å²) in [5.74, 6) is -0.399. The summed E-state index contributed by atoms with van der Waals surface area (Å²) in [5.41, 5.74) is 0.0910. The molecule has 2 aromatic heterocycles. The Balaban J connectivity index is 1.60. The fraction of sp³-hybridized carbons (Fsp3) is 0.357. The number of halogens is 3. The molecule has 0 aliphatic carbocycles. The predicted octanol–water partition coefficient (Wildman–Crippen LogP) is 2.55. The van der Waals surface area contributed by atoms with Gasteiger partial charge in [-0.05, 0) is 29.5 Å². The Labute approximate surface area is 134 Å². The molecule has 0 bridgehead atoms. The Morgan fingerprint density at radius 1 is 1.39 bits per heavy atom. The highest BCUT2D eigenvalue weighted by molar-refractivity contribution is 7.10. The van der Waals surface area contributed by atoms with Crippen LogP contribution in [0.2, 0.25) is 0 Å². The van der Waals surface area contributed by atoms with Crippen LogP contribution in [0.5, 0.6) is 0 Å². The first-order valence-corrected chi connectivity index (χ1v) is 7.78. The van der Waals surface area contributed by atoms with Gasteiger partial charge in [-0.2, -0.15) is 13.2 Å². The lowest BCUT2D eigenvalue weighted by Crippen LogP contribution is -2.39. The third-order valence-corrected chi connectivity index (χ3v) is 4.53. The second kappa shape index (κ2) is 6.15. The molecule has 1 aliphatic rings. The van der Waals surface area contributed by atoms with Crippen LogP contribution in [0.1, 0.15) is 16.1 Å². The smallest absolute Gasteiger partial charge is 0.345 e. The van der Waals surface area contributed by atoms with Crippen LogP contribution in [0.25, 0.3) is 0 Å². The second-order valence-electron chi connectivity index (χ2n) is 5.05. The molecule has 0 aromatic carbocycles. The molecule has 1 amide bonds. The molecule has 0 spiro atoms. The van der Waals surface area contributed by atoms with Crippen molar-refractivity contribution in [2.24, 2.45) is 0 Å². The monoisotopic (exact) mass is 342 g/mol. The zero-order valence-electron chi connectivity index (χ0n) is 11.9. The van der Waals surface area contributed by atoms with Crippen molar-refractivity contribution in [1.82, 2.24) is 14.9 Å². The third-order valence-electron chi connectivity index (χ3n) is 3.50. The molecule has 9 heteroatoms. The van der Waals surface area contributed by atoms with Crippen molar-refractivity contribution >= 4 is 23.2 Å². The Kier molecular flexibility index (Phi) is 4.20. The zero-order chi connectivity index (χ0) is 16.4. The van der Waals surface area contributed by atoms with Crippen molar-refractivity contribution in [2.45, 2.75) is 19.1 Å². The molecular weight excluding hydrogens is 329 g/mol. The summed E-state index contributed by atoms with van der Waals surface area (Å²) < 4.78 is 37.7. The Bertz CT molecular complexity index is 716. The summed E-state index contributed by atoms with van der Waals surface area (Å²) in [7, 11) is 0. The van der Waals surface area contributed by atoms with Crippen molar-refractivity contribution in [3.05, 3.63) is 39.8 Å². The fourth-order valence-corrected chi connectivity index (χ4v) is 3.22. The number of aromatic nitrogens is 2. The zero-order valence-corrected chi connectivity index (χ0v) is 12.7. The highest BCUT2D eigenvalue weighted by atomic mass is 32.1. The summed E-state index contributed by atoms with van der Waals surface area (Å²) >= 11 is 1.67. The molecule has 5 nitrogen and oxygen atoms in total. The number of carbonyl (C=O) groups is 1. The maximum atomic E-state index is 12.6. The third kappa shape index (κ3) is 3.61. The van der Waals surface area contributed by atoms with E-state index in [0.717, 1.165) is 24.2 Å². The van der Waals surface area contributed by atoms with Gasteiger partial charge in [-0.1, -0.05) is 0 Å². The predicted molar refractivity (Wildman–Crippen MR) is 79.0 cm³/mol. The first-order chi connectivity index (χ1) is 10.9. The number of hydrogen-bond donors (Lipinski definition) is 1. The lowest BCUT2D eigenvalue weighted by molar-refractivity contribution is -0.141. The molecule has 23 heavy (non-hydrogen) atoms. The summed E-state index contributed by atoms with van der Waals surface area (Å²) in [4.78, 5) is 22.2. The minimum Gasteiger partial charge on any atom is -0.345 e. The highest BCUT2D eigenvalue weighted by Gasteiger charge is 2.32. The maximum Gasteiger partial charge on any atom is 0.433 e. The average Bonchev–Trinajstić information content (AvgIpc) is 2.99. The molecular formula is C14H13F3N4OS. The molecule has 0 fully saturated rings. The van der Waals surface area contributed by atoms with E-state index in [1.165, 1.54) is 4.88 Å². The van der Waals surface area contributed by atoms with Crippen molar-refractivity contribution in [3.63, 3.8) is 0 Å². The number of thiophene rings is 1. The van der Waals surface area contributed by atoms with Crippen molar-refractivity contribution in [2.75, 3.05) is 18.4 Å². The van der Waals surface area contributed by atoms with E-state index in [2.05, 4.69) is 15.3 Å². The standard InChI is InChI=1S/C14H13F3N4OS/c15-14(16,17)11-1-4-18-13(20-11)19-7-12(22)21-5-2-10-9(8-21)3-6-23-10/h1,3-4,6H,2,5,7-8H2,(H,18,19,20). The number of rotatable bonds is 3. The number of hydrogen-bond acceptors (Lipinski definition) is 5. The quantitative estimate of drug-likeness (QED) is 0.931. The van der Waals surface area contributed by atoms with Crippen LogP contribution in [-0.2, 0) is 23.9 Å². The maximum absolute atomic E-state index is 12.6. The summed E-state index contributed by atoms with van der Waals surface area (Å²) in [5, 5.41) is 4.55. The van der Waals surface area contributed by atoms with E-state index in [-0.39, 0.29) is 18.4 Å². The van der Waals surface area contributed by atoms with Crippen LogP contribution in [0.3, 0.4) is 0 Å². The summed E-state index contributed by atoms with van der Waals surface area (Å²) in [6.45, 7) is 1.00. The van der Waals surface area contributed by atoms with Crippen molar-refractivity contribution in [3.8, 4) is 0 Å². The Morgan fingerprint density at radius 3 is 3.00 bits per heavy atom. The lowest BCUT2D eigenvalue weighted by Gasteiger charge is -2.27. The van der Waals surface area contributed by atoms with Gasteiger partial charge in [-0.3, -0.25) is 4.79 Å². The van der Waals surface area contributed by atoms with Crippen LogP contribution < -0.4 is 5.32 Å². The van der Waals surface area contributed by atoms with E-state index in [1.807, 2.05) is 11.4 Å². The molecule has 0 saturated carbocycles. The van der Waals surface area contributed by atoms with Crippen molar-refractivity contribution in [1.29, 1.82) is 0 Å². The lowest BCUT2D eigenvalue weighted by atomic mass is 10.1. The Hall–Kier alpha value is -2.16. The van der Waals surface area contributed by atoms with Gasteiger partial charge in [0, 0.05) is 24.2 Å². The molecule has 0 radical (unpaired) electrons. The van der Waals surface area contributed by atoms with E-state index in [1.54, 1.807) is 16.2 Å². The molecule has 0 atom stereocenters. The van der Waals surface area contributed by atoms with E-state index in [4.69, 9.17) is 0 Å². The van der Waals surface area contributed by atoms with E-state index >= 15 is 0 Å². The van der Waals surface area contributed by atoms with Crippen molar-refractivity contribution < 1.29 is 18.0 Å². The number of anilines is 1. The molecule has 0 unspecified atom stereocenters. The van der Waals surface area contributed by atoms with Crippen LogP contribution in [0.4, 0.5) is 19.1 Å². The highest BCUT2D eigenvalue weighted by Crippen LogP contribution is 2.27. The summed E-state index contributed by atoms with van der Waals surface area (Å²) in [6.07, 6.45) is -2.72. The number of amides is 1.